The van der Waals surface area contributed by atoms with Crippen LogP contribution in [0.3, 0.4) is 0 Å². The smallest absolute Gasteiger partial charge is 0.407 e. The van der Waals surface area contributed by atoms with Gasteiger partial charge in [-0.15, -0.1) is 0 Å². The van der Waals surface area contributed by atoms with Crippen molar-refractivity contribution in [2.75, 3.05) is 40.5 Å². The van der Waals surface area contributed by atoms with Crippen molar-refractivity contribution in [3.05, 3.63) is 72.6 Å². The van der Waals surface area contributed by atoms with Crippen molar-refractivity contribution < 1.29 is 19.1 Å². The maximum atomic E-state index is 13.5. The molecular formula is C38H49N7O4. The Morgan fingerprint density at radius 3 is 1.94 bits per heavy atom. The molecule has 11 heteroatoms. The van der Waals surface area contributed by atoms with Gasteiger partial charge in [0.1, 0.15) is 17.7 Å². The van der Waals surface area contributed by atoms with Gasteiger partial charge in [0.25, 0.3) is 0 Å². The Bertz CT molecular complexity index is 1680. The molecule has 2 aromatic heterocycles. The summed E-state index contributed by atoms with van der Waals surface area (Å²) in [4.78, 5) is 46.3. The van der Waals surface area contributed by atoms with Gasteiger partial charge in [-0.05, 0) is 73.4 Å². The topological polar surface area (TPSA) is 128 Å². The third-order valence-corrected chi connectivity index (χ3v) is 9.83. The number of hydrogen-bond donors (Lipinski definition) is 3. The lowest BCUT2D eigenvalue weighted by molar-refractivity contribution is -0.134. The van der Waals surface area contributed by atoms with Crippen LogP contribution < -0.4 is 5.32 Å². The number of amides is 2. The molecule has 0 radical (unpaired) electrons. The van der Waals surface area contributed by atoms with Gasteiger partial charge in [0.2, 0.25) is 5.91 Å². The number of aromatic amines is 2. The van der Waals surface area contributed by atoms with Crippen LogP contribution in [-0.4, -0.2) is 88.2 Å². The molecule has 49 heavy (non-hydrogen) atoms. The first-order valence-electron chi connectivity index (χ1n) is 17.5. The lowest BCUT2D eigenvalue weighted by atomic mass is 10.0. The minimum atomic E-state index is -0.733. The molecule has 0 spiro atoms. The van der Waals surface area contributed by atoms with Crippen LogP contribution >= 0.6 is 0 Å². The zero-order chi connectivity index (χ0) is 34.3. The average Bonchev–Trinajstić information content (AvgIpc) is 3.95. The molecule has 11 nitrogen and oxygen atoms in total. The molecule has 2 saturated heterocycles. The second-order valence-corrected chi connectivity index (χ2v) is 13.6. The number of rotatable bonds is 13. The number of aromatic nitrogens is 4. The van der Waals surface area contributed by atoms with E-state index in [1.54, 1.807) is 12.0 Å². The third-order valence-electron chi connectivity index (χ3n) is 9.83. The maximum absolute atomic E-state index is 13.5. The number of ether oxygens (including phenoxy) is 2. The van der Waals surface area contributed by atoms with Gasteiger partial charge in [0.05, 0.1) is 43.0 Å². The number of methoxy groups -OCH3 is 2. The standard InChI is InChI=1S/C38H49N7O4/c1-25(2)17-21-44-19-5-7-33(44)35-39-23-31(41-35)28-13-9-26(10-14-28)27-11-15-29(16-12-27)32-24-40-36(42-32)34-8-6-20-45(34)37(46)30(18-22-48-3)43-38(47)49-4/h9-16,23-25,30,33-34H,5-8,17-22H2,1-4H3,(H,39,41)(H,40,42)(H,43,47)/t30-,33-,34-/m0/s1. The molecule has 2 fully saturated rings. The highest BCUT2D eigenvalue weighted by molar-refractivity contribution is 5.86. The van der Waals surface area contributed by atoms with E-state index in [1.807, 2.05) is 12.4 Å². The van der Waals surface area contributed by atoms with Crippen LogP contribution in [0.1, 0.15) is 76.1 Å². The Labute approximate surface area is 288 Å². The van der Waals surface area contributed by atoms with E-state index in [0.717, 1.165) is 77.6 Å². The molecule has 260 valence electrons. The van der Waals surface area contributed by atoms with Crippen molar-refractivity contribution in [1.82, 2.24) is 35.1 Å². The van der Waals surface area contributed by atoms with Gasteiger partial charge < -0.3 is 29.7 Å². The summed E-state index contributed by atoms with van der Waals surface area (Å²) in [6.07, 6.45) is 8.75. The maximum Gasteiger partial charge on any atom is 0.407 e. The number of nitrogens with zero attached hydrogens (tertiary/aromatic N) is 4. The molecule has 2 aliphatic rings. The van der Waals surface area contributed by atoms with E-state index in [-0.39, 0.29) is 11.9 Å². The van der Waals surface area contributed by atoms with Crippen molar-refractivity contribution in [1.29, 1.82) is 0 Å². The first-order valence-corrected chi connectivity index (χ1v) is 17.5. The SMILES string of the molecule is COCC[C@H](NC(=O)OC)C(=O)N1CCC[C@H]1c1ncc(-c2ccc(-c3ccc(-c4cnc([C@@H]5CCCN5CCC(C)C)[nH]4)cc3)cc2)[nH]1. The number of carbonyl (C=O) groups excluding carboxylic acids is 2. The summed E-state index contributed by atoms with van der Waals surface area (Å²) in [5.74, 6) is 2.36. The molecule has 6 rings (SSSR count). The molecule has 0 unspecified atom stereocenters. The first-order chi connectivity index (χ1) is 23.8. The van der Waals surface area contributed by atoms with Gasteiger partial charge >= 0.3 is 6.09 Å². The number of alkyl carbamates (subject to hydrolysis) is 1. The molecule has 0 saturated carbocycles. The van der Waals surface area contributed by atoms with E-state index >= 15 is 0 Å². The largest absolute Gasteiger partial charge is 0.453 e. The highest BCUT2D eigenvalue weighted by Gasteiger charge is 2.36. The molecule has 2 amide bonds. The zero-order valence-electron chi connectivity index (χ0n) is 29.1. The Kier molecular flexibility index (Phi) is 11.1. The summed E-state index contributed by atoms with van der Waals surface area (Å²) < 4.78 is 9.91. The number of nitrogens with one attached hydrogen (secondary N) is 3. The quantitative estimate of drug-likeness (QED) is 0.144. The van der Waals surface area contributed by atoms with Crippen LogP contribution in [0.4, 0.5) is 4.79 Å². The van der Waals surface area contributed by atoms with E-state index in [0.29, 0.717) is 31.5 Å². The average molecular weight is 668 g/mol. The van der Waals surface area contributed by atoms with Crippen LogP contribution in [0.2, 0.25) is 0 Å². The molecule has 3 atom stereocenters. The van der Waals surface area contributed by atoms with E-state index < -0.39 is 12.1 Å². The minimum absolute atomic E-state index is 0.163. The number of likely N-dealkylation sites (tertiary alicyclic amines) is 2. The number of imidazole rings is 2. The summed E-state index contributed by atoms with van der Waals surface area (Å²) in [5, 5.41) is 2.66. The highest BCUT2D eigenvalue weighted by atomic mass is 16.5. The second kappa shape index (κ2) is 15.8. The van der Waals surface area contributed by atoms with Gasteiger partial charge in [-0.2, -0.15) is 0 Å². The molecule has 0 bridgehead atoms. The summed E-state index contributed by atoms with van der Waals surface area (Å²) in [7, 11) is 2.86. The van der Waals surface area contributed by atoms with E-state index in [1.165, 1.54) is 20.0 Å². The summed E-state index contributed by atoms with van der Waals surface area (Å²) in [6, 6.07) is 16.5. The third kappa shape index (κ3) is 8.05. The van der Waals surface area contributed by atoms with Gasteiger partial charge in [0, 0.05) is 26.7 Å². The highest BCUT2D eigenvalue weighted by Crippen LogP contribution is 2.34. The number of hydrogen-bond acceptors (Lipinski definition) is 7. The van der Waals surface area contributed by atoms with Crippen molar-refractivity contribution >= 4 is 12.0 Å². The van der Waals surface area contributed by atoms with E-state index in [9.17, 15) is 9.59 Å². The van der Waals surface area contributed by atoms with E-state index in [4.69, 9.17) is 14.5 Å². The van der Waals surface area contributed by atoms with Crippen LogP contribution in [0.5, 0.6) is 0 Å². The minimum Gasteiger partial charge on any atom is -0.453 e. The Morgan fingerprint density at radius 1 is 0.816 bits per heavy atom. The van der Waals surface area contributed by atoms with Gasteiger partial charge in [0.15, 0.2) is 0 Å². The second-order valence-electron chi connectivity index (χ2n) is 13.6. The van der Waals surface area contributed by atoms with Crippen LogP contribution in [0.25, 0.3) is 33.6 Å². The van der Waals surface area contributed by atoms with Gasteiger partial charge in [-0.25, -0.2) is 14.8 Å². The van der Waals surface area contributed by atoms with Crippen molar-refractivity contribution in [2.24, 2.45) is 5.92 Å². The number of carbonyl (C=O) groups is 2. The Hall–Kier alpha value is -4.48. The Morgan fingerprint density at radius 2 is 1.37 bits per heavy atom. The van der Waals surface area contributed by atoms with Gasteiger partial charge in [-0.3, -0.25) is 9.69 Å². The number of H-pyrrole nitrogens is 2. The van der Waals surface area contributed by atoms with E-state index in [2.05, 4.69) is 87.5 Å². The summed E-state index contributed by atoms with van der Waals surface area (Å²) in [5.41, 5.74) is 6.34. The lowest BCUT2D eigenvalue weighted by Gasteiger charge is -2.28. The van der Waals surface area contributed by atoms with Crippen LogP contribution in [0.15, 0.2) is 60.9 Å². The first kappa shape index (κ1) is 34.4. The fraction of sp³-hybridized carbons (Fsp3) is 0.474. The monoisotopic (exact) mass is 667 g/mol. The zero-order valence-corrected chi connectivity index (χ0v) is 29.1. The number of benzene rings is 2. The fourth-order valence-corrected chi connectivity index (χ4v) is 7.03. The molecule has 2 aliphatic heterocycles. The predicted molar refractivity (Wildman–Crippen MR) is 190 cm³/mol. The fourth-order valence-electron chi connectivity index (χ4n) is 7.03. The normalized spacial score (nSPS) is 18.7. The lowest BCUT2D eigenvalue weighted by Crippen LogP contribution is -2.49. The summed E-state index contributed by atoms with van der Waals surface area (Å²) in [6.45, 7) is 7.79. The van der Waals surface area contributed by atoms with Crippen molar-refractivity contribution in [3.63, 3.8) is 0 Å². The van der Waals surface area contributed by atoms with Crippen molar-refractivity contribution in [3.8, 4) is 33.6 Å². The molecule has 4 heterocycles. The summed E-state index contributed by atoms with van der Waals surface area (Å²) >= 11 is 0. The Balaban J connectivity index is 1.10. The predicted octanol–water partition coefficient (Wildman–Crippen LogP) is 6.74. The van der Waals surface area contributed by atoms with Crippen molar-refractivity contribution in [2.45, 2.75) is 70.5 Å². The molecule has 0 aliphatic carbocycles. The van der Waals surface area contributed by atoms with Crippen LogP contribution in [-0.2, 0) is 14.3 Å². The molecule has 3 N–H and O–H groups in total. The van der Waals surface area contributed by atoms with Gasteiger partial charge in [-0.1, -0.05) is 62.4 Å². The molecule has 4 aromatic rings. The van der Waals surface area contributed by atoms with Crippen LogP contribution in [0, 0.1) is 5.92 Å². The molecule has 2 aromatic carbocycles. The molecular weight excluding hydrogens is 618 g/mol.